The number of halogens is 1. The first kappa shape index (κ1) is 20.1. The van der Waals surface area contributed by atoms with Crippen molar-refractivity contribution in [1.82, 2.24) is 10.2 Å². The van der Waals surface area contributed by atoms with E-state index in [-0.39, 0.29) is 17.7 Å². The maximum atomic E-state index is 13.7. The third-order valence-corrected chi connectivity index (χ3v) is 5.06. The number of ether oxygens (including phenoxy) is 2. The zero-order valence-corrected chi connectivity index (χ0v) is 16.4. The molecular weight excluding hydrogens is 359 g/mol. The molecule has 1 heterocycles. The van der Waals surface area contributed by atoms with Crippen LogP contribution in [-0.2, 0) is 4.79 Å². The number of methoxy groups -OCH3 is 1. The minimum Gasteiger partial charge on any atom is -0.497 e. The van der Waals surface area contributed by atoms with Gasteiger partial charge in [-0.2, -0.15) is 0 Å². The Hall–Kier alpha value is -2.60. The number of para-hydroxylation sites is 1. The van der Waals surface area contributed by atoms with Crippen molar-refractivity contribution in [2.75, 3.05) is 26.7 Å². The predicted molar refractivity (Wildman–Crippen MR) is 106 cm³/mol. The summed E-state index contributed by atoms with van der Waals surface area (Å²) in [7, 11) is 1.64. The maximum Gasteiger partial charge on any atom is 0.260 e. The molecule has 1 aliphatic heterocycles. The fourth-order valence-corrected chi connectivity index (χ4v) is 3.46. The van der Waals surface area contributed by atoms with Crippen LogP contribution in [0.15, 0.2) is 48.5 Å². The van der Waals surface area contributed by atoms with Crippen LogP contribution in [0.2, 0.25) is 0 Å². The Bertz CT molecular complexity index is 776. The van der Waals surface area contributed by atoms with E-state index in [1.165, 1.54) is 12.1 Å². The van der Waals surface area contributed by atoms with Crippen LogP contribution >= 0.6 is 0 Å². The second-order valence-corrected chi connectivity index (χ2v) is 6.97. The van der Waals surface area contributed by atoms with Gasteiger partial charge in [-0.15, -0.1) is 0 Å². The number of nitrogens with zero attached hydrogens (tertiary/aromatic N) is 1. The smallest absolute Gasteiger partial charge is 0.260 e. The van der Waals surface area contributed by atoms with E-state index in [2.05, 4.69) is 10.2 Å². The van der Waals surface area contributed by atoms with Crippen molar-refractivity contribution in [2.24, 2.45) is 0 Å². The second-order valence-electron chi connectivity index (χ2n) is 6.97. The number of carbonyl (C=O) groups is 1. The molecule has 1 N–H and O–H groups in total. The Labute approximate surface area is 165 Å². The first-order valence-corrected chi connectivity index (χ1v) is 9.65. The van der Waals surface area contributed by atoms with E-state index in [4.69, 9.17) is 9.47 Å². The first-order valence-electron chi connectivity index (χ1n) is 9.65. The van der Waals surface area contributed by atoms with E-state index in [0.29, 0.717) is 6.54 Å². The zero-order valence-electron chi connectivity index (χ0n) is 16.4. The molecule has 2 aromatic rings. The van der Waals surface area contributed by atoms with Gasteiger partial charge in [-0.05, 0) is 62.7 Å². The van der Waals surface area contributed by atoms with Crippen LogP contribution in [0.3, 0.4) is 0 Å². The van der Waals surface area contributed by atoms with Crippen molar-refractivity contribution in [1.29, 1.82) is 0 Å². The lowest BCUT2D eigenvalue weighted by molar-refractivity contribution is -0.127. The fourth-order valence-electron chi connectivity index (χ4n) is 3.46. The highest BCUT2D eigenvalue weighted by Gasteiger charge is 2.25. The highest BCUT2D eigenvalue weighted by molar-refractivity contribution is 5.80. The number of benzene rings is 2. The Kier molecular flexibility index (Phi) is 6.87. The van der Waals surface area contributed by atoms with Crippen LogP contribution in [0.5, 0.6) is 11.5 Å². The van der Waals surface area contributed by atoms with Crippen molar-refractivity contribution < 1.29 is 18.7 Å². The second kappa shape index (κ2) is 9.55. The zero-order chi connectivity index (χ0) is 19.9. The van der Waals surface area contributed by atoms with Crippen molar-refractivity contribution in [3.8, 4) is 11.5 Å². The summed E-state index contributed by atoms with van der Waals surface area (Å²) in [4.78, 5) is 14.9. The van der Waals surface area contributed by atoms with Gasteiger partial charge in [0, 0.05) is 6.54 Å². The fraction of sp³-hybridized carbons (Fsp3) is 0.409. The molecule has 0 aliphatic carbocycles. The van der Waals surface area contributed by atoms with Gasteiger partial charge in [0.1, 0.15) is 5.75 Å². The topological polar surface area (TPSA) is 50.8 Å². The lowest BCUT2D eigenvalue weighted by atomic mass is 10.1. The average molecular weight is 386 g/mol. The highest BCUT2D eigenvalue weighted by atomic mass is 19.1. The number of nitrogens with one attached hydrogen (secondary N) is 1. The van der Waals surface area contributed by atoms with Gasteiger partial charge in [-0.25, -0.2) is 4.39 Å². The van der Waals surface area contributed by atoms with Gasteiger partial charge < -0.3 is 14.8 Å². The molecule has 28 heavy (non-hydrogen) atoms. The van der Waals surface area contributed by atoms with Crippen LogP contribution in [0.4, 0.5) is 4.39 Å². The molecule has 0 spiro atoms. The number of rotatable bonds is 8. The molecule has 2 atom stereocenters. The van der Waals surface area contributed by atoms with Gasteiger partial charge in [0.2, 0.25) is 0 Å². The van der Waals surface area contributed by atoms with E-state index < -0.39 is 11.9 Å². The molecular formula is C22H27FN2O3. The predicted octanol–water partition coefficient (Wildman–Crippen LogP) is 3.55. The van der Waals surface area contributed by atoms with Gasteiger partial charge in [-0.1, -0.05) is 24.3 Å². The normalized spacial score (nSPS) is 16.4. The van der Waals surface area contributed by atoms with E-state index in [0.717, 1.165) is 37.2 Å². The number of carbonyl (C=O) groups excluding carboxylic acids is 1. The van der Waals surface area contributed by atoms with Gasteiger partial charge in [-0.3, -0.25) is 9.69 Å². The Morgan fingerprint density at radius 3 is 2.46 bits per heavy atom. The minimum absolute atomic E-state index is 0.0800. The van der Waals surface area contributed by atoms with Gasteiger partial charge in [0.15, 0.2) is 17.7 Å². The molecule has 1 fully saturated rings. The molecule has 1 amide bonds. The first-order chi connectivity index (χ1) is 13.6. The SMILES string of the molecule is COc1ccc([C@@H](CNC(=O)[C@H](C)Oc2ccccc2F)N2CCCC2)cc1. The summed E-state index contributed by atoms with van der Waals surface area (Å²) >= 11 is 0. The average Bonchev–Trinajstić information content (AvgIpc) is 3.24. The molecule has 1 saturated heterocycles. The van der Waals surface area contributed by atoms with Crippen LogP contribution < -0.4 is 14.8 Å². The summed E-state index contributed by atoms with van der Waals surface area (Å²) < 4.78 is 24.5. The highest BCUT2D eigenvalue weighted by Crippen LogP contribution is 2.26. The molecule has 150 valence electrons. The van der Waals surface area contributed by atoms with Gasteiger partial charge >= 0.3 is 0 Å². The van der Waals surface area contributed by atoms with E-state index in [9.17, 15) is 9.18 Å². The van der Waals surface area contributed by atoms with E-state index in [1.807, 2.05) is 24.3 Å². The van der Waals surface area contributed by atoms with Crippen molar-refractivity contribution in [3.63, 3.8) is 0 Å². The standard InChI is InChI=1S/C22H27FN2O3/c1-16(28-21-8-4-3-7-19(21)23)22(26)24-15-20(25-13-5-6-14-25)17-9-11-18(27-2)12-10-17/h3-4,7-12,16,20H,5-6,13-15H2,1-2H3,(H,24,26)/t16-,20+/m0/s1. The summed E-state index contributed by atoms with van der Waals surface area (Å²) in [5.41, 5.74) is 1.13. The number of likely N-dealkylation sites (tertiary alicyclic amines) is 1. The van der Waals surface area contributed by atoms with Crippen molar-refractivity contribution in [3.05, 3.63) is 59.9 Å². The van der Waals surface area contributed by atoms with Gasteiger partial charge in [0.25, 0.3) is 5.91 Å². The third kappa shape index (κ3) is 5.01. The number of hydrogen-bond acceptors (Lipinski definition) is 4. The number of amides is 1. The largest absolute Gasteiger partial charge is 0.497 e. The summed E-state index contributed by atoms with van der Waals surface area (Å²) in [5.74, 6) is 0.146. The lowest BCUT2D eigenvalue weighted by Gasteiger charge is -2.29. The molecule has 0 unspecified atom stereocenters. The Morgan fingerprint density at radius 2 is 1.82 bits per heavy atom. The van der Waals surface area contributed by atoms with E-state index in [1.54, 1.807) is 26.2 Å². The van der Waals surface area contributed by atoms with Crippen LogP contribution in [0.1, 0.15) is 31.4 Å². The molecule has 0 radical (unpaired) electrons. The lowest BCUT2D eigenvalue weighted by Crippen LogP contribution is -2.42. The molecule has 0 saturated carbocycles. The summed E-state index contributed by atoms with van der Waals surface area (Å²) in [6.07, 6.45) is 1.54. The molecule has 2 aromatic carbocycles. The number of hydrogen-bond donors (Lipinski definition) is 1. The summed E-state index contributed by atoms with van der Waals surface area (Å²) in [5, 5.41) is 2.97. The maximum absolute atomic E-state index is 13.7. The van der Waals surface area contributed by atoms with Crippen LogP contribution in [0, 0.1) is 5.82 Å². The van der Waals surface area contributed by atoms with Crippen molar-refractivity contribution >= 4 is 5.91 Å². The van der Waals surface area contributed by atoms with E-state index >= 15 is 0 Å². The monoisotopic (exact) mass is 386 g/mol. The summed E-state index contributed by atoms with van der Waals surface area (Å²) in [6, 6.07) is 14.1. The Morgan fingerprint density at radius 1 is 1.14 bits per heavy atom. The molecule has 6 heteroatoms. The molecule has 1 aliphatic rings. The van der Waals surface area contributed by atoms with Gasteiger partial charge in [0.05, 0.1) is 13.2 Å². The minimum atomic E-state index is -0.785. The third-order valence-electron chi connectivity index (χ3n) is 5.06. The molecule has 0 bridgehead atoms. The van der Waals surface area contributed by atoms with Crippen LogP contribution in [-0.4, -0.2) is 43.7 Å². The molecule has 0 aromatic heterocycles. The Balaban J connectivity index is 1.63. The van der Waals surface area contributed by atoms with Crippen LogP contribution in [0.25, 0.3) is 0 Å². The molecule has 5 nitrogen and oxygen atoms in total. The molecule has 3 rings (SSSR count). The summed E-state index contributed by atoms with van der Waals surface area (Å²) in [6.45, 7) is 4.11. The quantitative estimate of drug-likeness (QED) is 0.754. The van der Waals surface area contributed by atoms with Crippen molar-refractivity contribution in [2.45, 2.75) is 31.9 Å².